The summed E-state index contributed by atoms with van der Waals surface area (Å²) in [6.45, 7) is 0.151. The topological polar surface area (TPSA) is 120 Å². The highest BCUT2D eigenvalue weighted by Crippen LogP contribution is 2.45. The maximum absolute atomic E-state index is 15.1. The van der Waals surface area contributed by atoms with Crippen molar-refractivity contribution in [2.75, 3.05) is 18.4 Å². The molecule has 12 heteroatoms. The molecule has 3 N–H and O–H groups in total. The Bertz CT molecular complexity index is 1330. The van der Waals surface area contributed by atoms with Crippen LogP contribution in [0.15, 0.2) is 30.3 Å². The number of anilines is 1. The molecule has 1 saturated heterocycles. The number of halogens is 3. The molecule has 0 unspecified atom stereocenters. The summed E-state index contributed by atoms with van der Waals surface area (Å²) in [6, 6.07) is 8.12. The summed E-state index contributed by atoms with van der Waals surface area (Å²) in [5, 5.41) is 20.1. The molecule has 1 atom stereocenters. The number of aliphatic hydroxyl groups excluding tert-OH is 1. The lowest BCUT2D eigenvalue weighted by molar-refractivity contribution is -0.0420. The Kier molecular flexibility index (Phi) is 6.12. The molecular weight excluding hydrogens is 500 g/mol. The molecule has 1 spiro atoms. The minimum atomic E-state index is -1.37. The zero-order valence-electron chi connectivity index (χ0n) is 18.3. The van der Waals surface area contributed by atoms with Gasteiger partial charge in [0, 0.05) is 18.0 Å². The number of carbonyl (C=O) groups is 2. The average molecular weight is 520 g/mol. The van der Waals surface area contributed by atoms with Gasteiger partial charge in [-0.15, -0.1) is 10.2 Å². The van der Waals surface area contributed by atoms with Crippen LogP contribution in [0.4, 0.5) is 14.9 Å². The second-order valence-corrected chi connectivity index (χ2v) is 9.32. The number of H-pyrrole nitrogens is 1. The number of hydrogen-bond acceptors (Lipinski definition) is 6. The van der Waals surface area contributed by atoms with Gasteiger partial charge >= 0.3 is 6.09 Å². The quantitative estimate of drug-likeness (QED) is 0.478. The van der Waals surface area contributed by atoms with Crippen molar-refractivity contribution in [2.24, 2.45) is 0 Å². The van der Waals surface area contributed by atoms with Crippen molar-refractivity contribution >= 4 is 40.9 Å². The number of piperidine rings is 1. The van der Waals surface area contributed by atoms with Crippen LogP contribution in [0.25, 0.3) is 0 Å². The maximum Gasteiger partial charge on any atom is 0.412 e. The Morgan fingerprint density at radius 2 is 2.06 bits per heavy atom. The third-order valence-electron chi connectivity index (χ3n) is 6.21. The van der Waals surface area contributed by atoms with Crippen LogP contribution in [0.5, 0.6) is 0 Å². The number of aliphatic hydroxyl groups is 1. The molecule has 1 fully saturated rings. The number of nitrogens with one attached hydrogen (secondary N) is 2. The van der Waals surface area contributed by atoms with Crippen LogP contribution in [0.3, 0.4) is 0 Å². The minimum absolute atomic E-state index is 0.0159. The van der Waals surface area contributed by atoms with Gasteiger partial charge < -0.3 is 19.7 Å². The van der Waals surface area contributed by atoms with Gasteiger partial charge in [-0.1, -0.05) is 35.3 Å². The summed E-state index contributed by atoms with van der Waals surface area (Å²) in [4.78, 5) is 29.9. The van der Waals surface area contributed by atoms with Crippen molar-refractivity contribution in [3.05, 3.63) is 74.5 Å². The number of aromatic amines is 1. The first-order valence-corrected chi connectivity index (χ1v) is 11.6. The summed E-state index contributed by atoms with van der Waals surface area (Å²) in [5.74, 6) is -0.673. The fraction of sp³-hybridized carbons (Fsp3) is 0.304. The normalized spacial score (nSPS) is 19.3. The van der Waals surface area contributed by atoms with Gasteiger partial charge in [0.15, 0.2) is 11.4 Å². The van der Waals surface area contributed by atoms with Crippen LogP contribution in [0.1, 0.15) is 46.0 Å². The highest BCUT2D eigenvalue weighted by atomic mass is 35.5. The van der Waals surface area contributed by atoms with Crippen molar-refractivity contribution < 1.29 is 23.8 Å². The molecule has 3 heterocycles. The van der Waals surface area contributed by atoms with Gasteiger partial charge in [0.1, 0.15) is 5.82 Å². The van der Waals surface area contributed by atoms with Crippen LogP contribution in [0, 0.1) is 5.82 Å². The number of fused-ring (bicyclic) bond motifs is 2. The number of rotatable bonds is 4. The largest absolute Gasteiger partial charge is 0.436 e. The predicted molar refractivity (Wildman–Crippen MR) is 125 cm³/mol. The first-order chi connectivity index (χ1) is 16.8. The van der Waals surface area contributed by atoms with Crippen molar-refractivity contribution in [1.82, 2.24) is 20.1 Å². The average Bonchev–Trinajstić information content (AvgIpc) is 3.29. The first-order valence-electron chi connectivity index (χ1n) is 10.9. The van der Waals surface area contributed by atoms with Gasteiger partial charge in [0.25, 0.3) is 5.91 Å². The SMILES string of the molecule is O=C1Nc2ccc(Cl)c(F)c2[C@@]2(CCCN(C(=O)c3nnc(Cc4ccc(CO)c(Cl)c4)[nH]3)C2)O1. The van der Waals surface area contributed by atoms with Gasteiger partial charge in [-0.25, -0.2) is 9.18 Å². The van der Waals surface area contributed by atoms with Crippen LogP contribution in [0.2, 0.25) is 10.0 Å². The van der Waals surface area contributed by atoms with Gasteiger partial charge in [-0.05, 0) is 42.2 Å². The fourth-order valence-electron chi connectivity index (χ4n) is 4.59. The highest BCUT2D eigenvalue weighted by Gasteiger charge is 2.48. The van der Waals surface area contributed by atoms with E-state index in [1.807, 2.05) is 0 Å². The number of benzene rings is 2. The lowest BCUT2D eigenvalue weighted by Crippen LogP contribution is -2.53. The molecule has 5 rings (SSSR count). The second-order valence-electron chi connectivity index (χ2n) is 8.50. The van der Waals surface area contributed by atoms with Crippen molar-refractivity contribution in [3.63, 3.8) is 0 Å². The van der Waals surface area contributed by atoms with E-state index >= 15 is 4.39 Å². The van der Waals surface area contributed by atoms with Crippen LogP contribution in [-0.2, 0) is 23.4 Å². The number of amides is 2. The number of likely N-dealkylation sites (tertiary alicyclic amines) is 1. The molecule has 182 valence electrons. The Labute approximate surface area is 209 Å². The third-order valence-corrected chi connectivity index (χ3v) is 6.86. The monoisotopic (exact) mass is 519 g/mol. The fourth-order valence-corrected chi connectivity index (χ4v) is 5.01. The number of hydrogen-bond donors (Lipinski definition) is 3. The smallest absolute Gasteiger partial charge is 0.412 e. The zero-order valence-corrected chi connectivity index (χ0v) is 19.8. The molecule has 0 radical (unpaired) electrons. The molecule has 2 amide bonds. The third kappa shape index (κ3) is 4.33. The van der Waals surface area contributed by atoms with E-state index in [1.165, 1.54) is 17.0 Å². The van der Waals surface area contributed by atoms with Gasteiger partial charge in [-0.3, -0.25) is 10.1 Å². The highest BCUT2D eigenvalue weighted by molar-refractivity contribution is 6.31. The van der Waals surface area contributed by atoms with Crippen molar-refractivity contribution in [2.45, 2.75) is 31.5 Å². The number of nitrogens with zero attached hydrogens (tertiary/aromatic N) is 3. The van der Waals surface area contributed by atoms with E-state index in [9.17, 15) is 14.7 Å². The van der Waals surface area contributed by atoms with E-state index in [2.05, 4.69) is 20.5 Å². The maximum atomic E-state index is 15.1. The van der Waals surface area contributed by atoms with Crippen LogP contribution in [-0.4, -0.2) is 50.3 Å². The summed E-state index contributed by atoms with van der Waals surface area (Å²) in [5.41, 5.74) is 0.466. The molecular formula is C23H20Cl2FN5O4. The molecule has 0 saturated carbocycles. The number of ether oxygens (including phenoxy) is 1. The van der Waals surface area contributed by atoms with Gasteiger partial charge in [-0.2, -0.15) is 0 Å². The van der Waals surface area contributed by atoms with E-state index < -0.39 is 23.4 Å². The molecule has 2 aliphatic heterocycles. The number of carbonyl (C=O) groups excluding carboxylic acids is 2. The molecule has 2 aliphatic rings. The van der Waals surface area contributed by atoms with Crippen LogP contribution < -0.4 is 5.32 Å². The summed E-state index contributed by atoms with van der Waals surface area (Å²) in [6.07, 6.45) is 0.430. The summed E-state index contributed by atoms with van der Waals surface area (Å²) < 4.78 is 20.6. The van der Waals surface area contributed by atoms with Gasteiger partial charge in [0.05, 0.1) is 29.4 Å². The summed E-state index contributed by atoms with van der Waals surface area (Å²) in [7, 11) is 0. The van der Waals surface area contributed by atoms with E-state index in [0.717, 1.165) is 5.56 Å². The predicted octanol–water partition coefficient (Wildman–Crippen LogP) is 4.03. The molecule has 0 aliphatic carbocycles. The number of aromatic nitrogens is 3. The molecule has 9 nitrogen and oxygen atoms in total. The Balaban J connectivity index is 1.38. The van der Waals surface area contributed by atoms with E-state index in [4.69, 9.17) is 27.9 Å². The minimum Gasteiger partial charge on any atom is -0.436 e. The Hall–Kier alpha value is -3.21. The Morgan fingerprint density at radius 1 is 1.23 bits per heavy atom. The Morgan fingerprint density at radius 3 is 2.83 bits per heavy atom. The lowest BCUT2D eigenvalue weighted by Gasteiger charge is -2.44. The molecule has 3 aromatic rings. The molecule has 2 aromatic carbocycles. The first kappa shape index (κ1) is 23.5. The van der Waals surface area contributed by atoms with E-state index in [0.29, 0.717) is 42.2 Å². The molecule has 1 aromatic heterocycles. The van der Waals surface area contributed by atoms with E-state index in [-0.39, 0.29) is 35.2 Å². The molecule has 0 bridgehead atoms. The summed E-state index contributed by atoms with van der Waals surface area (Å²) >= 11 is 12.2. The lowest BCUT2D eigenvalue weighted by atomic mass is 9.83. The van der Waals surface area contributed by atoms with Gasteiger partial charge in [0.2, 0.25) is 5.82 Å². The van der Waals surface area contributed by atoms with Crippen molar-refractivity contribution in [3.8, 4) is 0 Å². The second kappa shape index (κ2) is 9.10. The van der Waals surface area contributed by atoms with E-state index in [1.54, 1.807) is 18.2 Å². The zero-order chi connectivity index (χ0) is 24.7. The standard InChI is InChI=1S/C23H20Cl2FN5O4/c24-14-4-5-16-18(19(14)26)23(35-22(34)27-16)6-1-7-31(11-23)21(33)20-28-17(29-30-20)9-12-2-3-13(10-32)15(25)8-12/h2-5,8,32H,1,6-7,9-11H2,(H,27,34)(H,28,29,30)/t23-/m0/s1. The van der Waals surface area contributed by atoms with Crippen LogP contribution >= 0.6 is 23.2 Å². The van der Waals surface area contributed by atoms with Crippen molar-refractivity contribution in [1.29, 1.82) is 0 Å². The molecule has 35 heavy (non-hydrogen) atoms.